The van der Waals surface area contributed by atoms with Crippen LogP contribution >= 0.6 is 11.8 Å². The molecule has 0 spiro atoms. The number of carbonyl (C=O) groups is 1. The third-order valence-corrected chi connectivity index (χ3v) is 2.14. The Bertz CT molecular complexity index is 471. The van der Waals surface area contributed by atoms with Crippen LogP contribution in [0.4, 0.5) is 5.69 Å². The van der Waals surface area contributed by atoms with Gasteiger partial charge in [-0.25, -0.2) is 10.7 Å². The van der Waals surface area contributed by atoms with Crippen molar-refractivity contribution >= 4 is 23.4 Å². The van der Waals surface area contributed by atoms with E-state index < -0.39 is 22.1 Å². The number of thiocyanates is 1. The zero-order valence-electron chi connectivity index (χ0n) is 8.23. The summed E-state index contributed by atoms with van der Waals surface area (Å²) >= 11 is 0.747. The van der Waals surface area contributed by atoms with Crippen LogP contribution in [-0.4, -0.2) is 21.2 Å². The first kappa shape index (κ1) is 14.8. The van der Waals surface area contributed by atoms with Crippen LogP contribution in [0.1, 0.15) is 10.4 Å². The molecule has 4 N–H and O–H groups in total. The number of rotatable bonds is 3. The molecule has 0 aliphatic carbocycles. The van der Waals surface area contributed by atoms with E-state index in [1.807, 2.05) is 0 Å². The fourth-order valence-corrected chi connectivity index (χ4v) is 1.38. The van der Waals surface area contributed by atoms with Gasteiger partial charge in [-0.2, -0.15) is 5.26 Å². The average Bonchev–Trinajstić information content (AvgIpc) is 2.31. The predicted octanol–water partition coefficient (Wildman–Crippen LogP) is 1.20. The van der Waals surface area contributed by atoms with Gasteiger partial charge in [0.25, 0.3) is 5.69 Å². The zero-order chi connectivity index (χ0) is 13.4. The molecule has 0 fully saturated rings. The molecule has 0 saturated heterocycles. The van der Waals surface area contributed by atoms with E-state index in [4.69, 9.17) is 15.6 Å². The third-order valence-electron chi connectivity index (χ3n) is 1.56. The van der Waals surface area contributed by atoms with Crippen molar-refractivity contribution in [3.63, 3.8) is 0 Å². The fourth-order valence-electron chi connectivity index (χ4n) is 0.962. The summed E-state index contributed by atoms with van der Waals surface area (Å²) in [6.45, 7) is 0. The minimum atomic E-state index is -1.39. The van der Waals surface area contributed by atoms with Crippen LogP contribution in [0.25, 0.3) is 0 Å². The van der Waals surface area contributed by atoms with Crippen LogP contribution in [0, 0.1) is 20.8 Å². The van der Waals surface area contributed by atoms with Gasteiger partial charge < -0.3 is 10.3 Å². The highest BCUT2D eigenvalue weighted by Crippen LogP contribution is 2.25. The Kier molecular flexibility index (Phi) is 6.27. The Morgan fingerprint density at radius 2 is 2.12 bits per heavy atom. The second-order valence-corrected chi connectivity index (χ2v) is 3.29. The van der Waals surface area contributed by atoms with Crippen molar-refractivity contribution in [2.75, 3.05) is 0 Å². The summed E-state index contributed by atoms with van der Waals surface area (Å²) in [6, 6.07) is 3.51. The molecule has 0 saturated carbocycles. The van der Waals surface area contributed by atoms with Crippen molar-refractivity contribution in [1.82, 2.24) is 0 Å². The van der Waals surface area contributed by atoms with E-state index in [0.29, 0.717) is 4.90 Å². The minimum absolute atomic E-state index is 0.362. The largest absolute Gasteiger partial charge is 0.477 e. The van der Waals surface area contributed by atoms with Gasteiger partial charge in [0.2, 0.25) is 0 Å². The van der Waals surface area contributed by atoms with E-state index in [-0.39, 0.29) is 0 Å². The predicted molar refractivity (Wildman–Crippen MR) is 57.5 cm³/mol. The molecule has 0 amide bonds. The van der Waals surface area contributed by atoms with E-state index in [0.717, 1.165) is 23.9 Å². The molecular formula is C8H7N3O5S. The molecule has 1 aromatic carbocycles. The number of aromatic carboxylic acids is 1. The summed E-state index contributed by atoms with van der Waals surface area (Å²) in [7, 11) is 0. The van der Waals surface area contributed by atoms with Crippen LogP contribution in [-0.2, 0) is 0 Å². The second kappa shape index (κ2) is 7.18. The first-order valence-corrected chi connectivity index (χ1v) is 4.71. The Morgan fingerprint density at radius 1 is 1.53 bits per heavy atom. The van der Waals surface area contributed by atoms with Gasteiger partial charge >= 0.3 is 5.97 Å². The molecule has 0 unspecified atom stereocenters. The summed E-state index contributed by atoms with van der Waals surface area (Å²) in [5.41, 5.74) is -0.898. The van der Waals surface area contributed by atoms with Crippen molar-refractivity contribution in [2.45, 2.75) is 4.90 Å². The summed E-state index contributed by atoms with van der Waals surface area (Å²) in [5.74, 6) is 2.11. The highest BCUT2D eigenvalue weighted by atomic mass is 32.2. The second-order valence-electron chi connectivity index (χ2n) is 2.43. The highest BCUT2D eigenvalue weighted by Gasteiger charge is 2.19. The summed E-state index contributed by atoms with van der Waals surface area (Å²) < 4.78 is 0. The lowest BCUT2D eigenvalue weighted by Crippen LogP contribution is -2.02. The number of nitriles is 1. The van der Waals surface area contributed by atoms with Crippen LogP contribution in [0.5, 0.6) is 0 Å². The molecule has 0 bridgehead atoms. The number of nitro benzene ring substituents is 1. The molecule has 1 rings (SSSR count). The molecule has 0 radical (unpaired) electrons. The molecule has 17 heavy (non-hydrogen) atoms. The van der Waals surface area contributed by atoms with E-state index in [9.17, 15) is 14.9 Å². The average molecular weight is 257 g/mol. The monoisotopic (exact) mass is 257 g/mol. The lowest BCUT2D eigenvalue weighted by Gasteiger charge is -1.99. The highest BCUT2D eigenvalue weighted by molar-refractivity contribution is 8.03. The molecule has 0 atom stereocenters. The normalized spacial score (nSPS) is 8.53. The molecular weight excluding hydrogens is 250 g/mol. The summed E-state index contributed by atoms with van der Waals surface area (Å²) in [5, 5.41) is 35.8. The molecule has 0 aliphatic heterocycles. The molecule has 9 heteroatoms. The van der Waals surface area contributed by atoms with Crippen LogP contribution in [0.2, 0.25) is 0 Å². The first-order chi connectivity index (χ1) is 8.06. The third kappa shape index (κ3) is 4.07. The molecule has 90 valence electrons. The smallest absolute Gasteiger partial charge is 0.342 e. The molecule has 0 aliphatic rings. The van der Waals surface area contributed by atoms with E-state index in [2.05, 4.69) is 5.90 Å². The Hall–Kier alpha value is -2.15. The number of nitrogens with zero attached hydrogens (tertiary/aromatic N) is 2. The Morgan fingerprint density at radius 3 is 2.53 bits per heavy atom. The van der Waals surface area contributed by atoms with Gasteiger partial charge in [0.05, 0.1) is 4.92 Å². The number of benzene rings is 1. The van der Waals surface area contributed by atoms with Crippen molar-refractivity contribution in [3.05, 3.63) is 33.9 Å². The van der Waals surface area contributed by atoms with Gasteiger partial charge in [-0.15, -0.1) is 0 Å². The first-order valence-electron chi connectivity index (χ1n) is 3.89. The van der Waals surface area contributed by atoms with Crippen LogP contribution < -0.4 is 5.90 Å². The lowest BCUT2D eigenvalue weighted by atomic mass is 10.2. The number of hydrogen-bond acceptors (Lipinski definition) is 7. The van der Waals surface area contributed by atoms with Crippen LogP contribution in [0.15, 0.2) is 23.1 Å². The van der Waals surface area contributed by atoms with Crippen molar-refractivity contribution in [3.8, 4) is 5.40 Å². The molecule has 1 aromatic rings. The van der Waals surface area contributed by atoms with Crippen molar-refractivity contribution < 1.29 is 20.0 Å². The molecule has 0 aromatic heterocycles. The Labute approximate surface area is 99.4 Å². The maximum absolute atomic E-state index is 10.7. The lowest BCUT2D eigenvalue weighted by molar-refractivity contribution is -0.385. The summed E-state index contributed by atoms with van der Waals surface area (Å²) in [4.78, 5) is 20.7. The standard InChI is InChI=1S/C8H4N2O4S.H3NO/c9-4-15-5-1-2-7(10(13)14)6(3-5)8(11)12;1-2/h1-3H,(H,11,12);2H,1H2. The quantitative estimate of drug-likeness (QED) is 0.316. The Balaban J connectivity index is 0.00000121. The number of hydrogen-bond donors (Lipinski definition) is 3. The topological polar surface area (TPSA) is 150 Å². The van der Waals surface area contributed by atoms with Crippen molar-refractivity contribution in [1.29, 1.82) is 5.26 Å². The zero-order valence-corrected chi connectivity index (χ0v) is 9.05. The van der Waals surface area contributed by atoms with Gasteiger partial charge in [0, 0.05) is 11.0 Å². The van der Waals surface area contributed by atoms with Gasteiger partial charge in [-0.1, -0.05) is 0 Å². The van der Waals surface area contributed by atoms with E-state index in [1.54, 1.807) is 5.40 Å². The van der Waals surface area contributed by atoms with E-state index in [1.165, 1.54) is 6.07 Å². The van der Waals surface area contributed by atoms with Crippen LogP contribution in [0.3, 0.4) is 0 Å². The maximum atomic E-state index is 10.7. The van der Waals surface area contributed by atoms with Gasteiger partial charge in [0.1, 0.15) is 11.0 Å². The summed E-state index contributed by atoms with van der Waals surface area (Å²) in [6.07, 6.45) is 0. The van der Waals surface area contributed by atoms with Crippen molar-refractivity contribution in [2.24, 2.45) is 5.90 Å². The number of carboxylic acids is 1. The fraction of sp³-hybridized carbons (Fsp3) is 0. The van der Waals surface area contributed by atoms with Gasteiger partial charge in [-0.05, 0) is 23.9 Å². The minimum Gasteiger partial charge on any atom is -0.477 e. The van der Waals surface area contributed by atoms with Gasteiger partial charge in [-0.3, -0.25) is 10.1 Å². The molecule has 8 nitrogen and oxygen atoms in total. The number of nitrogens with two attached hydrogens (primary N) is 1. The number of nitro groups is 1. The number of carboxylic acid groups (broad SMARTS) is 1. The van der Waals surface area contributed by atoms with Gasteiger partial charge in [0.15, 0.2) is 0 Å². The van der Waals surface area contributed by atoms with E-state index >= 15 is 0 Å². The SMILES string of the molecule is N#CSc1ccc([N+](=O)[O-])c(C(=O)O)c1.NO. The molecule has 0 heterocycles. The maximum Gasteiger partial charge on any atom is 0.342 e. The number of thioether (sulfide) groups is 1.